The third-order valence-corrected chi connectivity index (χ3v) is 7.58. The van der Waals surface area contributed by atoms with Gasteiger partial charge in [0.15, 0.2) is 6.61 Å². The molecule has 0 aliphatic heterocycles. The summed E-state index contributed by atoms with van der Waals surface area (Å²) >= 11 is 0. The van der Waals surface area contributed by atoms with Gasteiger partial charge in [-0.3, -0.25) is 9.13 Å². The van der Waals surface area contributed by atoms with Gasteiger partial charge in [0.05, 0.1) is 17.1 Å². The van der Waals surface area contributed by atoms with Crippen LogP contribution in [0.2, 0.25) is 0 Å². The van der Waals surface area contributed by atoms with E-state index in [0.29, 0.717) is 12.3 Å². The number of benzene rings is 4. The van der Waals surface area contributed by atoms with Gasteiger partial charge in [-0.25, -0.2) is 9.59 Å². The highest BCUT2D eigenvalue weighted by molar-refractivity contribution is 5.80. The van der Waals surface area contributed by atoms with Crippen LogP contribution in [-0.2, 0) is 24.2 Å². The summed E-state index contributed by atoms with van der Waals surface area (Å²) in [5, 5.41) is 9.06. The second-order valence-corrected chi connectivity index (χ2v) is 10.2. The first kappa shape index (κ1) is 25.4. The van der Waals surface area contributed by atoms with Crippen LogP contribution in [0.1, 0.15) is 17.5 Å². The molecule has 0 radical (unpaired) electrons. The molecule has 4 aromatic carbocycles. The first-order chi connectivity index (χ1) is 19.6. The molecule has 1 aliphatic carbocycles. The zero-order chi connectivity index (χ0) is 27.5. The fraction of sp³-hybridized carbons (Fsp3) is 0.176. The summed E-state index contributed by atoms with van der Waals surface area (Å²) in [5.74, 6) is -0.115. The molecule has 1 atom stereocenters. The summed E-state index contributed by atoms with van der Waals surface area (Å²) in [6.07, 6.45) is 2.44. The molecule has 1 unspecified atom stereocenters. The molecule has 0 spiro atoms. The minimum Gasteiger partial charge on any atom is -0.482 e. The van der Waals surface area contributed by atoms with Gasteiger partial charge in [-0.15, -0.1) is 0 Å². The van der Waals surface area contributed by atoms with Crippen molar-refractivity contribution in [2.24, 2.45) is 5.92 Å². The number of aromatic nitrogens is 2. The van der Waals surface area contributed by atoms with Gasteiger partial charge in [0, 0.05) is 17.7 Å². The van der Waals surface area contributed by atoms with Crippen molar-refractivity contribution in [3.8, 4) is 34.0 Å². The van der Waals surface area contributed by atoms with Crippen LogP contribution >= 0.6 is 0 Å². The lowest BCUT2D eigenvalue weighted by Gasteiger charge is -2.27. The molecule has 0 bridgehead atoms. The maximum Gasteiger partial charge on any atom is 0.341 e. The smallest absolute Gasteiger partial charge is 0.341 e. The van der Waals surface area contributed by atoms with E-state index in [1.54, 1.807) is 0 Å². The van der Waals surface area contributed by atoms with Gasteiger partial charge in [-0.2, -0.15) is 0 Å². The molecule has 0 saturated heterocycles. The van der Waals surface area contributed by atoms with Crippen molar-refractivity contribution < 1.29 is 14.6 Å². The molecule has 1 aliphatic rings. The maximum atomic E-state index is 14.3. The standard InChI is InChI=1S/C34H30N2O4/c37-31(38)23-40-30-18-10-15-27-21-24(19-20-29(27)30)22-35-32(25-11-4-1-5-12-25)33(26-13-6-2-7-14-26)36(34(35)39)28-16-8-3-9-17-28/h1-18,24H,19-23H2,(H,37,38). The maximum absolute atomic E-state index is 14.3. The van der Waals surface area contributed by atoms with Gasteiger partial charge in [-0.05, 0) is 54.5 Å². The van der Waals surface area contributed by atoms with Crippen LogP contribution < -0.4 is 10.4 Å². The summed E-state index contributed by atoms with van der Waals surface area (Å²) in [5.41, 5.74) is 6.75. The summed E-state index contributed by atoms with van der Waals surface area (Å²) in [4.78, 5) is 25.4. The number of nitrogens with zero attached hydrogens (tertiary/aromatic N) is 2. The van der Waals surface area contributed by atoms with Crippen LogP contribution in [0.25, 0.3) is 28.2 Å². The summed E-state index contributed by atoms with van der Waals surface area (Å²) in [6.45, 7) is 0.216. The Hall–Kier alpha value is -4.84. The van der Waals surface area contributed by atoms with Crippen molar-refractivity contribution in [2.75, 3.05) is 6.61 Å². The minimum absolute atomic E-state index is 0.0618. The van der Waals surface area contributed by atoms with Crippen molar-refractivity contribution in [1.82, 2.24) is 9.13 Å². The Bertz CT molecular complexity index is 1690. The molecule has 1 aromatic heterocycles. The van der Waals surface area contributed by atoms with Crippen molar-refractivity contribution in [3.63, 3.8) is 0 Å². The number of fused-ring (bicyclic) bond motifs is 1. The molecule has 40 heavy (non-hydrogen) atoms. The zero-order valence-electron chi connectivity index (χ0n) is 22.1. The number of hydrogen-bond donors (Lipinski definition) is 1. The summed E-state index contributed by atoms with van der Waals surface area (Å²) < 4.78 is 9.36. The molecule has 6 nitrogen and oxygen atoms in total. The van der Waals surface area contributed by atoms with Crippen LogP contribution in [0, 0.1) is 5.92 Å². The third kappa shape index (κ3) is 4.96. The van der Waals surface area contributed by atoms with Crippen LogP contribution in [0.4, 0.5) is 0 Å². The molecule has 1 N–H and O–H groups in total. The van der Waals surface area contributed by atoms with E-state index < -0.39 is 5.97 Å². The number of para-hydroxylation sites is 1. The average Bonchev–Trinajstić information content (AvgIpc) is 3.28. The highest BCUT2D eigenvalue weighted by Crippen LogP contribution is 2.37. The second-order valence-electron chi connectivity index (χ2n) is 10.2. The predicted molar refractivity (Wildman–Crippen MR) is 156 cm³/mol. The van der Waals surface area contributed by atoms with Gasteiger partial charge in [0.1, 0.15) is 5.75 Å². The SMILES string of the molecule is O=C(O)COc1cccc2c1CCC(Cn1c(-c3ccccc3)c(-c3ccccc3)n(-c3ccccc3)c1=O)C2. The van der Waals surface area contributed by atoms with E-state index in [1.807, 2.05) is 88.0 Å². The van der Waals surface area contributed by atoms with E-state index in [9.17, 15) is 9.59 Å². The normalized spacial score (nSPS) is 14.4. The Morgan fingerprint density at radius 1 is 0.800 bits per heavy atom. The fourth-order valence-electron chi connectivity index (χ4n) is 5.82. The lowest BCUT2D eigenvalue weighted by Crippen LogP contribution is -2.29. The molecular formula is C34H30N2O4. The quantitative estimate of drug-likeness (QED) is 0.258. The summed E-state index contributed by atoms with van der Waals surface area (Å²) in [6, 6.07) is 35.9. The molecule has 5 aromatic rings. The Morgan fingerprint density at radius 2 is 1.43 bits per heavy atom. The monoisotopic (exact) mass is 530 g/mol. The number of imidazole rings is 1. The fourth-order valence-corrected chi connectivity index (χ4v) is 5.82. The largest absolute Gasteiger partial charge is 0.482 e. The number of carboxylic acid groups (broad SMARTS) is 1. The van der Waals surface area contributed by atoms with Crippen molar-refractivity contribution in [3.05, 3.63) is 131 Å². The molecular weight excluding hydrogens is 500 g/mol. The summed E-state index contributed by atoms with van der Waals surface area (Å²) in [7, 11) is 0. The van der Waals surface area contributed by atoms with Gasteiger partial charge >= 0.3 is 11.7 Å². The van der Waals surface area contributed by atoms with Crippen LogP contribution in [-0.4, -0.2) is 26.8 Å². The van der Waals surface area contributed by atoms with Gasteiger partial charge < -0.3 is 9.84 Å². The van der Waals surface area contributed by atoms with E-state index in [4.69, 9.17) is 9.84 Å². The first-order valence-corrected chi connectivity index (χ1v) is 13.6. The topological polar surface area (TPSA) is 73.5 Å². The number of aliphatic carboxylic acids is 1. The Labute approximate surface area is 232 Å². The Morgan fingerprint density at radius 3 is 2.08 bits per heavy atom. The number of hydrogen-bond acceptors (Lipinski definition) is 3. The van der Waals surface area contributed by atoms with E-state index in [1.165, 1.54) is 0 Å². The molecule has 0 amide bonds. The van der Waals surface area contributed by atoms with Gasteiger partial charge in [0.2, 0.25) is 0 Å². The Balaban J connectivity index is 1.46. The zero-order valence-corrected chi connectivity index (χ0v) is 22.1. The van der Waals surface area contributed by atoms with Crippen LogP contribution in [0.15, 0.2) is 114 Å². The molecule has 0 saturated carbocycles. The predicted octanol–water partition coefficient (Wildman–Crippen LogP) is 6.24. The van der Waals surface area contributed by atoms with E-state index >= 15 is 0 Å². The van der Waals surface area contributed by atoms with Crippen LogP contribution in [0.3, 0.4) is 0 Å². The van der Waals surface area contributed by atoms with Crippen molar-refractivity contribution in [2.45, 2.75) is 25.8 Å². The van der Waals surface area contributed by atoms with Gasteiger partial charge in [0.25, 0.3) is 0 Å². The third-order valence-electron chi connectivity index (χ3n) is 7.58. The lowest BCUT2D eigenvalue weighted by molar-refractivity contribution is -0.139. The first-order valence-electron chi connectivity index (χ1n) is 13.6. The molecule has 0 fully saturated rings. The molecule has 6 rings (SSSR count). The van der Waals surface area contributed by atoms with Crippen molar-refractivity contribution in [1.29, 1.82) is 0 Å². The van der Waals surface area contributed by atoms with E-state index in [2.05, 4.69) is 30.3 Å². The van der Waals surface area contributed by atoms with E-state index in [0.717, 1.165) is 58.6 Å². The average molecular weight is 531 g/mol. The molecule has 200 valence electrons. The number of carboxylic acids is 1. The number of carbonyl (C=O) groups is 1. The van der Waals surface area contributed by atoms with Gasteiger partial charge in [-0.1, -0.05) is 91.0 Å². The van der Waals surface area contributed by atoms with Crippen LogP contribution in [0.5, 0.6) is 5.75 Å². The van der Waals surface area contributed by atoms with E-state index in [-0.39, 0.29) is 18.2 Å². The molecule has 1 heterocycles. The Kier molecular flexibility index (Phi) is 7.06. The highest BCUT2D eigenvalue weighted by atomic mass is 16.5. The highest BCUT2D eigenvalue weighted by Gasteiger charge is 2.28. The number of rotatable bonds is 8. The van der Waals surface area contributed by atoms with Crippen molar-refractivity contribution >= 4 is 5.97 Å². The lowest BCUT2D eigenvalue weighted by atomic mass is 9.83. The number of ether oxygens (including phenoxy) is 1. The minimum atomic E-state index is -0.990. The molecule has 6 heteroatoms. The second kappa shape index (κ2) is 11.1.